The summed E-state index contributed by atoms with van der Waals surface area (Å²) in [6, 6.07) is 0. The zero-order valence-corrected chi connectivity index (χ0v) is 9.76. The highest BCUT2D eigenvalue weighted by Crippen LogP contribution is 2.26. The van der Waals surface area contributed by atoms with Crippen molar-refractivity contribution in [1.82, 2.24) is 0 Å². The molecule has 4 atom stereocenters. The summed E-state index contributed by atoms with van der Waals surface area (Å²) in [5.74, 6) is 0. The zero-order valence-electron chi connectivity index (χ0n) is 9.76. The minimum absolute atomic E-state index is 0.0925. The molecule has 1 aliphatic rings. The van der Waals surface area contributed by atoms with Gasteiger partial charge in [0.25, 0.3) is 0 Å². The molecule has 0 saturated carbocycles. The second-order valence-corrected chi connectivity index (χ2v) is 3.52. The third-order valence-electron chi connectivity index (χ3n) is 2.61. The van der Waals surface area contributed by atoms with Crippen molar-refractivity contribution in [2.24, 2.45) is 0 Å². The van der Waals surface area contributed by atoms with Crippen LogP contribution in [0.15, 0.2) is 0 Å². The van der Waals surface area contributed by atoms with Gasteiger partial charge in [0, 0.05) is 28.4 Å². The minimum atomic E-state index is -0.102. The normalized spacial score (nSPS) is 36.0. The van der Waals surface area contributed by atoms with Gasteiger partial charge in [-0.2, -0.15) is 0 Å². The number of methoxy groups -OCH3 is 4. The summed E-state index contributed by atoms with van der Waals surface area (Å²) in [7, 11) is 6.58. The standard InChI is InChI=1S/C10H20O5/c1-11-5-7-9(13-3)10(14-4)8(15-7)6-12-2/h7-10H,5-6H2,1-4H3/t7-,8+,9-,10-/m1/s1. The van der Waals surface area contributed by atoms with Crippen molar-refractivity contribution in [3.63, 3.8) is 0 Å². The number of hydrogen-bond donors (Lipinski definition) is 0. The van der Waals surface area contributed by atoms with Crippen LogP contribution in [-0.2, 0) is 23.7 Å². The van der Waals surface area contributed by atoms with Crippen LogP contribution in [0.2, 0.25) is 0 Å². The molecule has 0 aliphatic carbocycles. The van der Waals surface area contributed by atoms with Crippen LogP contribution in [0.5, 0.6) is 0 Å². The Balaban J connectivity index is 2.62. The fraction of sp³-hybridized carbons (Fsp3) is 1.00. The average molecular weight is 220 g/mol. The highest BCUT2D eigenvalue weighted by Gasteiger charge is 2.45. The van der Waals surface area contributed by atoms with E-state index in [-0.39, 0.29) is 24.4 Å². The fourth-order valence-corrected chi connectivity index (χ4v) is 1.97. The van der Waals surface area contributed by atoms with Crippen LogP contribution >= 0.6 is 0 Å². The maximum absolute atomic E-state index is 5.75. The SMILES string of the molecule is COC[C@@H]1O[C@H](COC)[C@@H](OC)[C@@H]1OC. The second-order valence-electron chi connectivity index (χ2n) is 3.52. The largest absolute Gasteiger partial charge is 0.382 e. The van der Waals surface area contributed by atoms with Gasteiger partial charge >= 0.3 is 0 Å². The highest BCUT2D eigenvalue weighted by atomic mass is 16.6. The molecule has 15 heavy (non-hydrogen) atoms. The molecule has 0 amide bonds. The lowest BCUT2D eigenvalue weighted by Gasteiger charge is -2.20. The molecular formula is C10H20O5. The molecule has 0 radical (unpaired) electrons. The molecule has 1 heterocycles. The Hall–Kier alpha value is -0.200. The molecule has 1 saturated heterocycles. The first kappa shape index (κ1) is 12.9. The fourth-order valence-electron chi connectivity index (χ4n) is 1.97. The van der Waals surface area contributed by atoms with Gasteiger partial charge in [-0.15, -0.1) is 0 Å². The summed E-state index contributed by atoms with van der Waals surface area (Å²) in [5, 5.41) is 0. The average Bonchev–Trinajstić information content (AvgIpc) is 2.56. The summed E-state index contributed by atoms with van der Waals surface area (Å²) in [4.78, 5) is 0. The third-order valence-corrected chi connectivity index (χ3v) is 2.61. The van der Waals surface area contributed by atoms with E-state index >= 15 is 0 Å². The predicted octanol–water partition coefficient (Wildman–Crippen LogP) is 0.0766. The van der Waals surface area contributed by atoms with E-state index in [0.29, 0.717) is 13.2 Å². The van der Waals surface area contributed by atoms with Gasteiger partial charge < -0.3 is 23.7 Å². The van der Waals surface area contributed by atoms with E-state index in [1.807, 2.05) is 0 Å². The van der Waals surface area contributed by atoms with E-state index in [4.69, 9.17) is 23.7 Å². The summed E-state index contributed by atoms with van der Waals surface area (Å²) in [6.07, 6.45) is -0.389. The van der Waals surface area contributed by atoms with E-state index in [1.165, 1.54) is 0 Å². The van der Waals surface area contributed by atoms with Gasteiger partial charge in [0.05, 0.1) is 13.2 Å². The quantitative estimate of drug-likeness (QED) is 0.634. The van der Waals surface area contributed by atoms with Gasteiger partial charge in [-0.25, -0.2) is 0 Å². The molecule has 1 aliphatic heterocycles. The van der Waals surface area contributed by atoms with Crippen molar-refractivity contribution in [2.45, 2.75) is 24.4 Å². The van der Waals surface area contributed by atoms with Crippen molar-refractivity contribution < 1.29 is 23.7 Å². The van der Waals surface area contributed by atoms with Gasteiger partial charge in [0.15, 0.2) is 0 Å². The van der Waals surface area contributed by atoms with Crippen molar-refractivity contribution in [3.05, 3.63) is 0 Å². The van der Waals surface area contributed by atoms with Crippen LogP contribution in [0, 0.1) is 0 Å². The molecule has 5 nitrogen and oxygen atoms in total. The number of ether oxygens (including phenoxy) is 5. The smallest absolute Gasteiger partial charge is 0.114 e. The Morgan fingerprint density at radius 2 is 1.20 bits per heavy atom. The molecule has 0 bridgehead atoms. The first-order valence-electron chi connectivity index (χ1n) is 4.97. The van der Waals surface area contributed by atoms with Crippen LogP contribution in [-0.4, -0.2) is 66.1 Å². The summed E-state index contributed by atoms with van der Waals surface area (Å²) >= 11 is 0. The van der Waals surface area contributed by atoms with Gasteiger partial charge in [-0.05, 0) is 0 Å². The summed E-state index contributed by atoms with van der Waals surface area (Å²) < 4.78 is 26.6. The summed E-state index contributed by atoms with van der Waals surface area (Å²) in [5.41, 5.74) is 0. The first-order chi connectivity index (χ1) is 7.28. The van der Waals surface area contributed by atoms with E-state index in [9.17, 15) is 0 Å². The molecule has 0 N–H and O–H groups in total. The Bertz CT molecular complexity index is 157. The van der Waals surface area contributed by atoms with E-state index < -0.39 is 0 Å². The molecule has 1 fully saturated rings. The maximum Gasteiger partial charge on any atom is 0.114 e. The first-order valence-corrected chi connectivity index (χ1v) is 4.97. The van der Waals surface area contributed by atoms with Gasteiger partial charge in [0.2, 0.25) is 0 Å². The molecule has 1 rings (SSSR count). The molecule has 0 unspecified atom stereocenters. The predicted molar refractivity (Wildman–Crippen MR) is 54.0 cm³/mol. The van der Waals surface area contributed by atoms with Crippen LogP contribution in [0.4, 0.5) is 0 Å². The summed E-state index contributed by atoms with van der Waals surface area (Å²) in [6.45, 7) is 0.997. The van der Waals surface area contributed by atoms with Crippen molar-refractivity contribution >= 4 is 0 Å². The van der Waals surface area contributed by atoms with Crippen molar-refractivity contribution in [3.8, 4) is 0 Å². The lowest BCUT2D eigenvalue weighted by Crippen LogP contribution is -2.38. The van der Waals surface area contributed by atoms with Crippen LogP contribution in [0.3, 0.4) is 0 Å². The molecule has 0 spiro atoms. The second kappa shape index (κ2) is 6.40. The minimum Gasteiger partial charge on any atom is -0.382 e. The van der Waals surface area contributed by atoms with E-state index in [0.717, 1.165) is 0 Å². The van der Waals surface area contributed by atoms with Crippen LogP contribution in [0.25, 0.3) is 0 Å². The highest BCUT2D eigenvalue weighted by molar-refractivity contribution is 4.92. The maximum atomic E-state index is 5.75. The number of rotatable bonds is 6. The molecule has 5 heteroatoms. The Morgan fingerprint density at radius 3 is 1.47 bits per heavy atom. The molecular weight excluding hydrogens is 200 g/mol. The molecule has 90 valence electrons. The lowest BCUT2D eigenvalue weighted by molar-refractivity contribution is -0.0588. The van der Waals surface area contributed by atoms with Gasteiger partial charge in [0.1, 0.15) is 24.4 Å². The molecule has 0 aromatic carbocycles. The Morgan fingerprint density at radius 1 is 0.800 bits per heavy atom. The molecule has 0 aromatic rings. The molecule has 0 aromatic heterocycles. The van der Waals surface area contributed by atoms with E-state index in [2.05, 4.69) is 0 Å². The third kappa shape index (κ3) is 2.89. The van der Waals surface area contributed by atoms with Gasteiger partial charge in [-0.3, -0.25) is 0 Å². The topological polar surface area (TPSA) is 46.2 Å². The Kier molecular flexibility index (Phi) is 5.49. The van der Waals surface area contributed by atoms with Crippen LogP contribution in [0.1, 0.15) is 0 Å². The Labute approximate surface area is 90.6 Å². The monoisotopic (exact) mass is 220 g/mol. The van der Waals surface area contributed by atoms with Gasteiger partial charge in [-0.1, -0.05) is 0 Å². The van der Waals surface area contributed by atoms with Crippen molar-refractivity contribution in [2.75, 3.05) is 41.7 Å². The zero-order chi connectivity index (χ0) is 11.3. The van der Waals surface area contributed by atoms with Crippen LogP contribution < -0.4 is 0 Å². The number of hydrogen-bond acceptors (Lipinski definition) is 5. The van der Waals surface area contributed by atoms with Crippen molar-refractivity contribution in [1.29, 1.82) is 0 Å². The van der Waals surface area contributed by atoms with E-state index in [1.54, 1.807) is 28.4 Å². The lowest BCUT2D eigenvalue weighted by atomic mass is 10.1.